The number of benzene rings is 1. The van der Waals surface area contributed by atoms with Gasteiger partial charge in [-0.15, -0.1) is 12.6 Å². The molecule has 1 aromatic carbocycles. The predicted octanol–water partition coefficient (Wildman–Crippen LogP) is -1.34. The van der Waals surface area contributed by atoms with Gasteiger partial charge in [-0.25, -0.2) is 0 Å². The van der Waals surface area contributed by atoms with Crippen LogP contribution in [0.2, 0.25) is 0 Å². The molecule has 0 heterocycles. The predicted molar refractivity (Wildman–Crippen MR) is 130 cm³/mol. The van der Waals surface area contributed by atoms with E-state index in [-0.39, 0.29) is 17.1 Å². The molecular weight excluding hydrogens is 543 g/mol. The maximum Gasteiger partial charge on any atom is 0.674 e. The van der Waals surface area contributed by atoms with Crippen LogP contribution in [0, 0.1) is 27.2 Å². The summed E-state index contributed by atoms with van der Waals surface area (Å²) in [6.07, 6.45) is 0. The van der Waals surface area contributed by atoms with E-state index in [1.165, 1.54) is 12.1 Å². The van der Waals surface area contributed by atoms with E-state index in [1.807, 2.05) is 6.92 Å². The van der Waals surface area contributed by atoms with Crippen molar-refractivity contribution in [2.75, 3.05) is 11.9 Å². The zero-order valence-corrected chi connectivity index (χ0v) is 20.2. The van der Waals surface area contributed by atoms with Crippen molar-refractivity contribution in [2.45, 2.75) is 26.8 Å². The van der Waals surface area contributed by atoms with Gasteiger partial charge in [0.2, 0.25) is 0 Å². The van der Waals surface area contributed by atoms with Crippen LogP contribution >= 0.6 is 12.6 Å². The van der Waals surface area contributed by atoms with E-state index >= 15 is 0 Å². The van der Waals surface area contributed by atoms with Crippen LogP contribution in [0.4, 0.5) is 34.3 Å². The number of hydrogen-bond donors (Lipinski definition) is 10. The lowest BCUT2D eigenvalue weighted by molar-refractivity contribution is -0.392. The molecule has 0 aromatic heterocycles. The third-order valence-electron chi connectivity index (χ3n) is 2.70. The molecule has 25 heteroatoms. The van der Waals surface area contributed by atoms with Gasteiger partial charge in [-0.3, -0.25) is 42.5 Å². The summed E-state index contributed by atoms with van der Waals surface area (Å²) in [4.78, 5) is 25.0. The minimum absolute atomic E-state index is 0.138. The fraction of sp³-hybridized carbons (Fsp3) is 0.417. The van der Waals surface area contributed by atoms with Crippen molar-refractivity contribution in [3.63, 3.8) is 0 Å². The van der Waals surface area contributed by atoms with E-state index in [0.717, 1.165) is 0 Å². The van der Waals surface area contributed by atoms with Gasteiger partial charge >= 0.3 is 29.6 Å². The second-order valence-corrected chi connectivity index (χ2v) is 6.09. The molecule has 0 aliphatic rings. The summed E-state index contributed by atoms with van der Waals surface area (Å²) in [5, 5.41) is 81.0. The molecule has 0 saturated heterocycles. The Labute approximate surface area is 213 Å². The molecule has 0 spiro atoms. The van der Waals surface area contributed by atoms with E-state index in [9.17, 15) is 37.5 Å². The van der Waals surface area contributed by atoms with Gasteiger partial charge in [0.1, 0.15) is 0 Å². The molecule has 0 aliphatic heterocycles. The maximum absolute atomic E-state index is 11.1. The second kappa shape index (κ2) is 23.9. The molecule has 0 bridgehead atoms. The van der Waals surface area contributed by atoms with Gasteiger partial charge in [-0.2, -0.15) is 0 Å². The molecule has 1 aromatic rings. The van der Waals surface area contributed by atoms with Gasteiger partial charge in [-0.05, 0) is 26.3 Å². The first-order valence-electron chi connectivity index (χ1n) is 9.15. The Bertz CT molecular complexity index is 750. The van der Waals surface area contributed by atoms with Gasteiger partial charge in [0.25, 0.3) is 11.4 Å². The number of thiol groups is 1. The SMILES string of the molecule is CC/N=C(/S)C(C)Nc1c([N+](=O)[O-])cc(C)cc1[N+](=O)[O-].OB(O)F.OB(O)F.OB(O)F.OB(O)F. The number of rotatable bonds is 6. The quantitative estimate of drug-likeness (QED) is 0.0363. The van der Waals surface area contributed by atoms with Crippen LogP contribution in [-0.2, 0) is 0 Å². The average molecular weight is 568 g/mol. The number of nitrogens with zero attached hydrogens (tertiary/aromatic N) is 3. The summed E-state index contributed by atoms with van der Waals surface area (Å²) in [6, 6.07) is 2.10. The van der Waals surface area contributed by atoms with Crippen molar-refractivity contribution in [1.29, 1.82) is 0 Å². The van der Waals surface area contributed by atoms with Crippen molar-refractivity contribution in [2.24, 2.45) is 4.99 Å². The molecule has 16 nitrogen and oxygen atoms in total. The molecule has 37 heavy (non-hydrogen) atoms. The molecule has 1 atom stereocenters. The molecule has 1 unspecified atom stereocenters. The summed E-state index contributed by atoms with van der Waals surface area (Å²) in [5.74, 6) is 0. The standard InChI is InChI=1S/C12H16N4O4S.4BFH2O2/c1-4-13-12(21)8(3)14-11-9(15(17)18)5-7(2)6-10(11)16(19)20;4*2-1(3)4/h5-6,8,14H,4H2,1-3H3,(H,13,21);4*3-4H. The number of nitro benzene ring substituents is 2. The highest BCUT2D eigenvalue weighted by atomic mass is 32.1. The zero-order valence-electron chi connectivity index (χ0n) is 19.3. The second-order valence-electron chi connectivity index (χ2n) is 5.63. The van der Waals surface area contributed by atoms with E-state index in [4.69, 9.17) is 40.2 Å². The van der Waals surface area contributed by atoms with Crippen LogP contribution in [0.3, 0.4) is 0 Å². The summed E-state index contributed by atoms with van der Waals surface area (Å²) < 4.78 is 40.4. The topological polar surface area (TPSA) is 273 Å². The molecule has 0 fully saturated rings. The van der Waals surface area contributed by atoms with E-state index in [2.05, 4.69) is 22.9 Å². The van der Waals surface area contributed by atoms with E-state index in [0.29, 0.717) is 17.2 Å². The molecule has 0 aliphatic carbocycles. The average Bonchev–Trinajstić information content (AvgIpc) is 2.67. The minimum atomic E-state index is -2.67. The first-order chi connectivity index (χ1) is 16.7. The van der Waals surface area contributed by atoms with Crippen LogP contribution in [0.1, 0.15) is 19.4 Å². The lowest BCUT2D eigenvalue weighted by Crippen LogP contribution is -2.23. The third kappa shape index (κ3) is 31.5. The van der Waals surface area contributed by atoms with Gasteiger partial charge in [0.15, 0.2) is 5.69 Å². The molecule has 0 radical (unpaired) electrons. The van der Waals surface area contributed by atoms with E-state index in [1.54, 1.807) is 13.8 Å². The van der Waals surface area contributed by atoms with Gasteiger partial charge < -0.3 is 45.5 Å². The summed E-state index contributed by atoms with van der Waals surface area (Å²) in [6.45, 7) is 5.56. The fourth-order valence-electron chi connectivity index (χ4n) is 1.76. The van der Waals surface area contributed by atoms with Crippen molar-refractivity contribution in [3.8, 4) is 0 Å². The Morgan fingerprint density at radius 2 is 1.19 bits per heavy atom. The summed E-state index contributed by atoms with van der Waals surface area (Å²) in [5.41, 5.74) is -0.377. The summed E-state index contributed by atoms with van der Waals surface area (Å²) in [7, 11) is -10.7. The molecule has 0 saturated carbocycles. The van der Waals surface area contributed by atoms with E-state index < -0.39 is 45.5 Å². The normalized spacial score (nSPS) is 10.2. The van der Waals surface area contributed by atoms with Crippen LogP contribution in [0.15, 0.2) is 17.1 Å². The smallest absolute Gasteiger partial charge is 0.398 e. The first-order valence-corrected chi connectivity index (χ1v) is 9.59. The monoisotopic (exact) mass is 568 g/mol. The van der Waals surface area contributed by atoms with Crippen LogP contribution < -0.4 is 5.32 Å². The Balaban J connectivity index is -0.000000277. The van der Waals surface area contributed by atoms with Crippen molar-refractivity contribution >= 4 is 64.3 Å². The van der Waals surface area contributed by atoms with Crippen molar-refractivity contribution in [3.05, 3.63) is 37.9 Å². The molecule has 1 rings (SSSR count). The van der Waals surface area contributed by atoms with Crippen LogP contribution in [-0.4, -0.2) is 97.3 Å². The first kappa shape index (κ1) is 41.6. The summed E-state index contributed by atoms with van der Waals surface area (Å²) >= 11 is 4.18. The number of halogens is 4. The Morgan fingerprint density at radius 1 is 0.919 bits per heavy atom. The number of anilines is 1. The van der Waals surface area contributed by atoms with Crippen LogP contribution in [0.5, 0.6) is 0 Å². The maximum atomic E-state index is 11.1. The van der Waals surface area contributed by atoms with Gasteiger partial charge in [-0.1, -0.05) is 0 Å². The molecular formula is C12H24B4F4N4O12S. The fourth-order valence-corrected chi connectivity index (χ4v) is 1.97. The van der Waals surface area contributed by atoms with Gasteiger partial charge in [0.05, 0.1) is 20.9 Å². The molecule has 210 valence electrons. The third-order valence-corrected chi connectivity index (χ3v) is 3.23. The number of aliphatic imine (C=N–C) groups is 1. The largest absolute Gasteiger partial charge is 0.674 e. The molecule has 9 N–H and O–H groups in total. The molecule has 0 amide bonds. The number of aryl methyl sites for hydroxylation is 1. The zero-order chi connectivity index (χ0) is 30.5. The Morgan fingerprint density at radius 3 is 1.41 bits per heavy atom. The Kier molecular flexibility index (Phi) is 26.9. The van der Waals surface area contributed by atoms with Crippen LogP contribution in [0.25, 0.3) is 0 Å². The van der Waals surface area contributed by atoms with Crippen molar-refractivity contribution < 1.29 is 67.3 Å². The van der Waals surface area contributed by atoms with Gasteiger partial charge in [0, 0.05) is 18.7 Å². The number of nitro groups is 2. The highest BCUT2D eigenvalue weighted by Gasteiger charge is 2.27. The lowest BCUT2D eigenvalue weighted by atomic mass is 10.1. The van der Waals surface area contributed by atoms with Crippen molar-refractivity contribution in [1.82, 2.24) is 0 Å². The minimum Gasteiger partial charge on any atom is -0.398 e. The number of nitrogens with one attached hydrogen (secondary N) is 1. The Hall–Kier alpha value is -2.50. The highest BCUT2D eigenvalue weighted by Crippen LogP contribution is 2.36. The lowest BCUT2D eigenvalue weighted by Gasteiger charge is -2.15. The highest BCUT2D eigenvalue weighted by molar-refractivity contribution is 7.97. The number of hydrogen-bond acceptors (Lipinski definition) is 14.